The number of aryl methyl sites for hydroxylation is 1. The molecule has 146 valence electrons. The molecule has 1 aromatic carbocycles. The summed E-state index contributed by atoms with van der Waals surface area (Å²) in [5.41, 5.74) is 1.43. The molecule has 9 heteroatoms. The average molecular weight is 401 g/mol. The number of carbonyl (C=O) groups excluding carboxylic acids is 2. The van der Waals surface area contributed by atoms with E-state index in [2.05, 4.69) is 10.3 Å². The summed E-state index contributed by atoms with van der Waals surface area (Å²) in [4.78, 5) is 38.1. The van der Waals surface area contributed by atoms with Gasteiger partial charge in [0.25, 0.3) is 6.47 Å². The number of nitrogens with zero attached hydrogens (tertiary/aromatic N) is 2. The molecule has 2 N–H and O–H groups in total. The smallest absolute Gasteiger partial charge is 0.350 e. The van der Waals surface area contributed by atoms with Gasteiger partial charge < -0.3 is 19.7 Å². The molecule has 0 aliphatic rings. The molecule has 0 fully saturated rings. The lowest BCUT2D eigenvalue weighted by molar-refractivity contribution is -0.123. The molecule has 1 amide bonds. The standard InChI is InChI=1S/C18H17N3O3S.CH2O2/c1-12-19-8-9-21(12)11-16(22)20-14-10-15(13-6-4-3-5-7-13)25-17(14)18(23)24-2;2-1-3/h3-10H,11H2,1-2H3,(H,20,22);1H,(H,2,3). The van der Waals surface area contributed by atoms with E-state index in [0.717, 1.165) is 16.3 Å². The fraction of sp³-hybridized carbons (Fsp3) is 0.158. The highest BCUT2D eigenvalue weighted by atomic mass is 32.1. The van der Waals surface area contributed by atoms with E-state index in [9.17, 15) is 9.59 Å². The molecule has 0 atom stereocenters. The molecule has 2 heterocycles. The molecule has 0 aliphatic heterocycles. The maximum atomic E-state index is 12.3. The number of amides is 1. The summed E-state index contributed by atoms with van der Waals surface area (Å²) in [6, 6.07) is 11.5. The number of rotatable bonds is 5. The van der Waals surface area contributed by atoms with Gasteiger partial charge in [0.15, 0.2) is 0 Å². The van der Waals surface area contributed by atoms with Crippen LogP contribution in [0.4, 0.5) is 5.69 Å². The Balaban J connectivity index is 0.000000878. The fourth-order valence-corrected chi connectivity index (χ4v) is 3.43. The van der Waals surface area contributed by atoms with Crippen molar-refractivity contribution in [2.24, 2.45) is 0 Å². The second-order valence-corrected chi connectivity index (χ2v) is 6.52. The lowest BCUT2D eigenvalue weighted by Gasteiger charge is -2.07. The van der Waals surface area contributed by atoms with Crippen molar-refractivity contribution in [2.45, 2.75) is 13.5 Å². The van der Waals surface area contributed by atoms with Crippen molar-refractivity contribution >= 4 is 35.4 Å². The summed E-state index contributed by atoms with van der Waals surface area (Å²) in [7, 11) is 1.32. The molecule has 0 saturated heterocycles. The van der Waals surface area contributed by atoms with Crippen molar-refractivity contribution in [2.75, 3.05) is 12.4 Å². The summed E-state index contributed by atoms with van der Waals surface area (Å²) >= 11 is 1.29. The molecule has 3 aromatic rings. The minimum absolute atomic E-state index is 0.128. The van der Waals surface area contributed by atoms with Crippen LogP contribution in [0.15, 0.2) is 48.8 Å². The SMILES string of the molecule is COC(=O)c1sc(-c2ccccc2)cc1NC(=O)Cn1ccnc1C.O=CO. The first-order valence-corrected chi connectivity index (χ1v) is 8.94. The highest BCUT2D eigenvalue weighted by Crippen LogP contribution is 2.35. The third kappa shape index (κ3) is 5.27. The maximum absolute atomic E-state index is 12.3. The number of hydrogen-bond acceptors (Lipinski definition) is 6. The third-order valence-electron chi connectivity index (χ3n) is 3.67. The van der Waals surface area contributed by atoms with Crippen LogP contribution in [0.1, 0.15) is 15.5 Å². The predicted molar refractivity (Wildman–Crippen MR) is 105 cm³/mol. The fourth-order valence-electron chi connectivity index (χ4n) is 2.39. The monoisotopic (exact) mass is 401 g/mol. The second-order valence-electron chi connectivity index (χ2n) is 5.47. The van der Waals surface area contributed by atoms with Crippen molar-refractivity contribution < 1.29 is 24.2 Å². The van der Waals surface area contributed by atoms with Gasteiger partial charge in [0.05, 0.1) is 12.8 Å². The van der Waals surface area contributed by atoms with E-state index in [-0.39, 0.29) is 18.9 Å². The van der Waals surface area contributed by atoms with E-state index < -0.39 is 5.97 Å². The van der Waals surface area contributed by atoms with Crippen LogP contribution in [-0.2, 0) is 20.9 Å². The van der Waals surface area contributed by atoms with E-state index in [1.54, 1.807) is 23.0 Å². The Kier molecular flexibility index (Phi) is 7.46. The Hall–Kier alpha value is -3.46. The van der Waals surface area contributed by atoms with Crippen molar-refractivity contribution in [3.05, 3.63) is 59.5 Å². The number of aromatic nitrogens is 2. The first kappa shape index (κ1) is 20.8. The molecule has 0 saturated carbocycles. The minimum Gasteiger partial charge on any atom is -0.483 e. The molecule has 3 rings (SSSR count). The van der Waals surface area contributed by atoms with Crippen molar-refractivity contribution in [3.8, 4) is 10.4 Å². The lowest BCUT2D eigenvalue weighted by atomic mass is 10.2. The molecule has 28 heavy (non-hydrogen) atoms. The number of ether oxygens (including phenoxy) is 1. The molecule has 8 nitrogen and oxygen atoms in total. The number of hydrogen-bond donors (Lipinski definition) is 2. The van der Waals surface area contributed by atoms with Crippen LogP contribution in [0.25, 0.3) is 10.4 Å². The van der Waals surface area contributed by atoms with Gasteiger partial charge in [0.2, 0.25) is 5.91 Å². The molecular weight excluding hydrogens is 382 g/mol. The van der Waals surface area contributed by atoms with Crippen molar-refractivity contribution in [1.82, 2.24) is 9.55 Å². The van der Waals surface area contributed by atoms with Gasteiger partial charge in [0.1, 0.15) is 17.2 Å². The van der Waals surface area contributed by atoms with Gasteiger partial charge in [0, 0.05) is 17.3 Å². The number of esters is 1. The predicted octanol–water partition coefficient (Wildman–Crippen LogP) is 3.05. The first-order chi connectivity index (χ1) is 13.5. The summed E-state index contributed by atoms with van der Waals surface area (Å²) in [5, 5.41) is 9.69. The van der Waals surface area contributed by atoms with Gasteiger partial charge in [-0.15, -0.1) is 11.3 Å². The Labute approximate surface area is 165 Å². The molecule has 0 bridgehead atoms. The van der Waals surface area contributed by atoms with Crippen LogP contribution in [0.5, 0.6) is 0 Å². The molecular formula is C19H19N3O5S. The number of methoxy groups -OCH3 is 1. The van der Waals surface area contributed by atoms with Gasteiger partial charge in [-0.05, 0) is 18.6 Å². The highest BCUT2D eigenvalue weighted by molar-refractivity contribution is 7.18. The number of nitrogens with one attached hydrogen (secondary N) is 1. The van der Waals surface area contributed by atoms with Gasteiger partial charge in [-0.25, -0.2) is 9.78 Å². The largest absolute Gasteiger partial charge is 0.483 e. The van der Waals surface area contributed by atoms with Crippen LogP contribution in [0, 0.1) is 6.92 Å². The maximum Gasteiger partial charge on any atom is 0.350 e. The van der Waals surface area contributed by atoms with E-state index >= 15 is 0 Å². The van der Waals surface area contributed by atoms with Crippen molar-refractivity contribution in [3.63, 3.8) is 0 Å². The zero-order chi connectivity index (χ0) is 20.5. The second kappa shape index (κ2) is 10.0. The number of imidazole rings is 1. The van der Waals surface area contributed by atoms with Crippen LogP contribution in [0.3, 0.4) is 0 Å². The lowest BCUT2D eigenvalue weighted by Crippen LogP contribution is -2.20. The molecule has 0 aliphatic carbocycles. The highest BCUT2D eigenvalue weighted by Gasteiger charge is 2.19. The summed E-state index contributed by atoms with van der Waals surface area (Å²) in [5.74, 6) is 0.0450. The number of anilines is 1. The van der Waals surface area contributed by atoms with Crippen LogP contribution < -0.4 is 5.32 Å². The van der Waals surface area contributed by atoms with Gasteiger partial charge >= 0.3 is 5.97 Å². The number of carboxylic acid groups (broad SMARTS) is 1. The van der Waals surface area contributed by atoms with Gasteiger partial charge in [-0.1, -0.05) is 30.3 Å². The molecule has 2 aromatic heterocycles. The van der Waals surface area contributed by atoms with Crippen LogP contribution in [-0.4, -0.2) is 40.1 Å². The van der Waals surface area contributed by atoms with E-state index in [0.29, 0.717) is 10.6 Å². The van der Waals surface area contributed by atoms with Crippen LogP contribution >= 0.6 is 11.3 Å². The van der Waals surface area contributed by atoms with Crippen molar-refractivity contribution in [1.29, 1.82) is 0 Å². The Morgan fingerprint density at radius 1 is 1.32 bits per heavy atom. The first-order valence-electron chi connectivity index (χ1n) is 8.13. The average Bonchev–Trinajstić information content (AvgIpc) is 3.29. The Morgan fingerprint density at radius 3 is 2.57 bits per heavy atom. The molecule has 0 radical (unpaired) electrons. The molecule has 0 unspecified atom stereocenters. The zero-order valence-corrected chi connectivity index (χ0v) is 16.1. The van der Waals surface area contributed by atoms with Gasteiger partial charge in [-0.2, -0.15) is 0 Å². The Morgan fingerprint density at radius 2 is 2.00 bits per heavy atom. The normalized spacial score (nSPS) is 9.79. The van der Waals surface area contributed by atoms with Gasteiger partial charge in [-0.3, -0.25) is 9.59 Å². The number of benzene rings is 1. The minimum atomic E-state index is -0.471. The molecule has 0 spiro atoms. The van der Waals surface area contributed by atoms with Crippen LogP contribution in [0.2, 0.25) is 0 Å². The summed E-state index contributed by atoms with van der Waals surface area (Å²) < 4.78 is 6.57. The zero-order valence-electron chi connectivity index (χ0n) is 15.3. The van der Waals surface area contributed by atoms with E-state index in [1.165, 1.54) is 18.4 Å². The topological polar surface area (TPSA) is 111 Å². The Bertz CT molecular complexity index is 950. The van der Waals surface area contributed by atoms with E-state index in [4.69, 9.17) is 14.6 Å². The number of thiophene rings is 1. The summed E-state index contributed by atoms with van der Waals surface area (Å²) in [6.45, 7) is 1.70. The number of carbonyl (C=O) groups is 3. The quantitative estimate of drug-likeness (QED) is 0.502. The summed E-state index contributed by atoms with van der Waals surface area (Å²) in [6.07, 6.45) is 3.37. The van der Waals surface area contributed by atoms with E-state index in [1.807, 2.05) is 37.3 Å². The third-order valence-corrected chi connectivity index (χ3v) is 4.84.